The Morgan fingerprint density at radius 3 is 2.57 bits per heavy atom. The van der Waals surface area contributed by atoms with Crippen LogP contribution >= 0.6 is 0 Å². The Labute approximate surface area is 134 Å². The molecule has 1 aromatic heterocycles. The van der Waals surface area contributed by atoms with Gasteiger partial charge in [-0.2, -0.15) is 4.68 Å². The van der Waals surface area contributed by atoms with Crippen molar-refractivity contribution in [1.29, 1.82) is 0 Å². The summed E-state index contributed by atoms with van der Waals surface area (Å²) in [6.45, 7) is 4.95. The van der Waals surface area contributed by atoms with Crippen molar-refractivity contribution in [3.63, 3.8) is 0 Å². The number of hydrogen-bond donors (Lipinski definition) is 1. The summed E-state index contributed by atoms with van der Waals surface area (Å²) in [4.78, 5) is 12.3. The van der Waals surface area contributed by atoms with Gasteiger partial charge in [-0.1, -0.05) is 12.1 Å². The van der Waals surface area contributed by atoms with Gasteiger partial charge >= 0.3 is 0 Å². The third-order valence-corrected chi connectivity index (χ3v) is 5.94. The van der Waals surface area contributed by atoms with Crippen LogP contribution in [0.1, 0.15) is 31.1 Å². The van der Waals surface area contributed by atoms with E-state index < -0.39 is 14.6 Å². The third kappa shape index (κ3) is 3.92. The predicted molar refractivity (Wildman–Crippen MR) is 85.0 cm³/mol. The zero-order valence-electron chi connectivity index (χ0n) is 13.2. The lowest BCUT2D eigenvalue weighted by Gasteiger charge is -2.19. The van der Waals surface area contributed by atoms with E-state index in [4.69, 9.17) is 0 Å². The highest BCUT2D eigenvalue weighted by molar-refractivity contribution is 7.92. The zero-order valence-corrected chi connectivity index (χ0v) is 14.0. The van der Waals surface area contributed by atoms with Gasteiger partial charge in [0.1, 0.15) is 6.33 Å². The molecule has 0 bridgehead atoms. The van der Waals surface area contributed by atoms with Gasteiger partial charge in [-0.25, -0.2) is 8.42 Å². The number of rotatable bonds is 5. The molecule has 0 unspecified atom stereocenters. The van der Waals surface area contributed by atoms with E-state index in [0.29, 0.717) is 11.3 Å². The van der Waals surface area contributed by atoms with Crippen LogP contribution in [0.15, 0.2) is 30.6 Å². The number of nitrogens with one attached hydrogen (secondary N) is 1. The van der Waals surface area contributed by atoms with Crippen LogP contribution in [0.3, 0.4) is 0 Å². The number of para-hydroxylation sites is 1. The average Bonchev–Trinajstić information content (AvgIpc) is 3.00. The molecule has 9 heteroatoms. The largest absolute Gasteiger partial charge is 0.351 e. The van der Waals surface area contributed by atoms with Crippen molar-refractivity contribution in [2.75, 3.05) is 12.3 Å². The van der Waals surface area contributed by atoms with Gasteiger partial charge in [-0.15, -0.1) is 5.10 Å². The Morgan fingerprint density at radius 1 is 1.26 bits per heavy atom. The first-order chi connectivity index (χ1) is 10.7. The molecule has 0 fully saturated rings. The minimum Gasteiger partial charge on any atom is -0.351 e. The second-order valence-electron chi connectivity index (χ2n) is 5.96. The van der Waals surface area contributed by atoms with Gasteiger partial charge in [-0.05, 0) is 43.3 Å². The van der Waals surface area contributed by atoms with Crippen molar-refractivity contribution in [3.8, 4) is 5.69 Å². The van der Waals surface area contributed by atoms with E-state index in [-0.39, 0.29) is 18.2 Å². The maximum Gasteiger partial charge on any atom is 0.253 e. The Morgan fingerprint density at radius 2 is 1.96 bits per heavy atom. The van der Waals surface area contributed by atoms with E-state index in [9.17, 15) is 13.2 Å². The fourth-order valence-corrected chi connectivity index (χ4v) is 2.82. The van der Waals surface area contributed by atoms with Crippen LogP contribution in [0.25, 0.3) is 5.69 Å². The van der Waals surface area contributed by atoms with Crippen molar-refractivity contribution in [3.05, 3.63) is 36.2 Å². The van der Waals surface area contributed by atoms with E-state index in [2.05, 4.69) is 20.8 Å². The first kappa shape index (κ1) is 17.1. The highest BCUT2D eigenvalue weighted by Crippen LogP contribution is 2.16. The molecule has 0 aliphatic carbocycles. The van der Waals surface area contributed by atoms with E-state index in [1.54, 1.807) is 45.0 Å². The monoisotopic (exact) mass is 337 g/mol. The molecular formula is C14H19N5O3S. The van der Waals surface area contributed by atoms with Crippen LogP contribution < -0.4 is 5.32 Å². The highest BCUT2D eigenvalue weighted by Gasteiger charge is 2.28. The number of sulfone groups is 1. The molecule has 0 aliphatic heterocycles. The standard InChI is InChI=1S/C14H19N5O3S/c1-14(2,3)23(21,22)9-8-15-13(20)11-6-4-5-7-12(11)19-10-16-17-18-19/h4-7,10H,8-9H2,1-3H3,(H,15,20). The fraction of sp³-hybridized carbons (Fsp3) is 0.429. The summed E-state index contributed by atoms with van der Waals surface area (Å²) in [5, 5.41) is 13.5. The van der Waals surface area contributed by atoms with Crippen LogP contribution in [0.2, 0.25) is 0 Å². The van der Waals surface area contributed by atoms with Crippen LogP contribution in [0, 0.1) is 0 Å². The van der Waals surface area contributed by atoms with Crippen molar-refractivity contribution < 1.29 is 13.2 Å². The van der Waals surface area contributed by atoms with E-state index in [0.717, 1.165) is 0 Å². The number of carbonyl (C=O) groups excluding carboxylic acids is 1. The Balaban J connectivity index is 2.09. The highest BCUT2D eigenvalue weighted by atomic mass is 32.2. The number of aromatic nitrogens is 4. The van der Waals surface area contributed by atoms with Crippen molar-refractivity contribution in [1.82, 2.24) is 25.5 Å². The van der Waals surface area contributed by atoms with Gasteiger partial charge in [-0.3, -0.25) is 4.79 Å². The molecule has 23 heavy (non-hydrogen) atoms. The minimum atomic E-state index is -3.28. The van der Waals surface area contributed by atoms with Crippen LogP contribution in [0.4, 0.5) is 0 Å². The lowest BCUT2D eigenvalue weighted by Crippen LogP contribution is -2.36. The van der Waals surface area contributed by atoms with Crippen molar-refractivity contribution in [2.24, 2.45) is 0 Å². The molecule has 1 amide bonds. The molecule has 1 heterocycles. The van der Waals surface area contributed by atoms with Crippen LogP contribution in [0.5, 0.6) is 0 Å². The molecule has 124 valence electrons. The van der Waals surface area contributed by atoms with E-state index >= 15 is 0 Å². The summed E-state index contributed by atoms with van der Waals surface area (Å²) in [6, 6.07) is 6.81. The normalized spacial score (nSPS) is 12.1. The number of tetrazole rings is 1. The summed E-state index contributed by atoms with van der Waals surface area (Å²) in [5.41, 5.74) is 0.890. The van der Waals surface area contributed by atoms with E-state index in [1.807, 2.05) is 0 Å². The Bertz CT molecular complexity index is 779. The number of carbonyl (C=O) groups is 1. The van der Waals surface area contributed by atoms with Gasteiger partial charge in [0, 0.05) is 6.54 Å². The summed E-state index contributed by atoms with van der Waals surface area (Å²) in [6.07, 6.45) is 1.39. The second kappa shape index (κ2) is 6.45. The maximum atomic E-state index is 12.3. The first-order valence-electron chi connectivity index (χ1n) is 7.05. The molecule has 0 spiro atoms. The van der Waals surface area contributed by atoms with Gasteiger partial charge < -0.3 is 5.32 Å². The molecule has 8 nitrogen and oxygen atoms in total. The topological polar surface area (TPSA) is 107 Å². The molecule has 1 aromatic carbocycles. The average molecular weight is 337 g/mol. The SMILES string of the molecule is CC(C)(C)S(=O)(=O)CCNC(=O)c1ccccc1-n1cnnn1. The molecule has 0 saturated heterocycles. The summed E-state index contributed by atoms with van der Waals surface area (Å²) in [7, 11) is -3.28. The van der Waals surface area contributed by atoms with Crippen molar-refractivity contribution in [2.45, 2.75) is 25.5 Å². The lowest BCUT2D eigenvalue weighted by atomic mass is 10.1. The number of benzene rings is 1. The first-order valence-corrected chi connectivity index (χ1v) is 8.70. The molecule has 2 rings (SSSR count). The van der Waals surface area contributed by atoms with Crippen LogP contribution in [-0.4, -0.2) is 51.6 Å². The smallest absolute Gasteiger partial charge is 0.253 e. The molecular weight excluding hydrogens is 318 g/mol. The third-order valence-electron chi connectivity index (χ3n) is 3.33. The maximum absolute atomic E-state index is 12.3. The van der Waals surface area contributed by atoms with Crippen molar-refractivity contribution >= 4 is 15.7 Å². The minimum absolute atomic E-state index is 0.0440. The Hall–Kier alpha value is -2.29. The fourth-order valence-electron chi connectivity index (χ4n) is 1.84. The van der Waals surface area contributed by atoms with E-state index in [1.165, 1.54) is 11.0 Å². The Kier molecular flexibility index (Phi) is 4.79. The molecule has 1 N–H and O–H groups in total. The molecule has 2 aromatic rings. The quantitative estimate of drug-likeness (QED) is 0.856. The van der Waals surface area contributed by atoms with Crippen LogP contribution in [-0.2, 0) is 9.84 Å². The lowest BCUT2D eigenvalue weighted by molar-refractivity contribution is 0.0956. The zero-order chi connectivity index (χ0) is 17.1. The van der Waals surface area contributed by atoms with Gasteiger partial charge in [0.2, 0.25) is 0 Å². The predicted octanol–water partition coefficient (Wildman–Crippen LogP) is 0.605. The summed E-state index contributed by atoms with van der Waals surface area (Å²) < 4.78 is 24.6. The number of nitrogens with zero attached hydrogens (tertiary/aromatic N) is 4. The number of amides is 1. The molecule has 0 saturated carbocycles. The number of hydrogen-bond acceptors (Lipinski definition) is 6. The molecule has 0 radical (unpaired) electrons. The van der Waals surface area contributed by atoms with Gasteiger partial charge in [0.25, 0.3) is 5.91 Å². The van der Waals surface area contributed by atoms with Gasteiger partial charge in [0.15, 0.2) is 9.84 Å². The molecule has 0 aliphatic rings. The molecule has 0 atom stereocenters. The summed E-state index contributed by atoms with van der Waals surface area (Å²) >= 11 is 0. The summed E-state index contributed by atoms with van der Waals surface area (Å²) in [5.74, 6) is -0.491. The second-order valence-corrected chi connectivity index (χ2v) is 8.82. The van der Waals surface area contributed by atoms with Gasteiger partial charge in [0.05, 0.1) is 21.8 Å².